The molecular weight excluding hydrogens is 230 g/mol. The second-order valence-electron chi connectivity index (χ2n) is 5.16. The maximum absolute atomic E-state index is 11.2. The van der Waals surface area contributed by atoms with Gasteiger partial charge < -0.3 is 9.84 Å². The summed E-state index contributed by atoms with van der Waals surface area (Å²) in [6, 6.07) is 9.21. The largest absolute Gasteiger partial charge is 0.481 e. The molecule has 0 heterocycles. The summed E-state index contributed by atoms with van der Waals surface area (Å²) in [5.41, 5.74) is 0.576. The van der Waals surface area contributed by atoms with E-state index >= 15 is 0 Å². The van der Waals surface area contributed by atoms with Crippen molar-refractivity contribution in [2.75, 3.05) is 13.3 Å². The SMILES string of the molecule is CC(C)(C)OCNCC(C(=O)O)c1ccccc1. The lowest BCUT2D eigenvalue weighted by Gasteiger charge is -2.21. The number of ether oxygens (including phenoxy) is 1. The third-order valence-electron chi connectivity index (χ3n) is 2.46. The molecular formula is C14H21NO3. The van der Waals surface area contributed by atoms with E-state index in [-0.39, 0.29) is 5.60 Å². The summed E-state index contributed by atoms with van der Waals surface area (Å²) < 4.78 is 5.49. The molecule has 100 valence electrons. The van der Waals surface area contributed by atoms with Crippen LogP contribution in [0.3, 0.4) is 0 Å². The number of hydrogen-bond donors (Lipinski definition) is 2. The van der Waals surface area contributed by atoms with Gasteiger partial charge in [0.05, 0.1) is 18.2 Å². The van der Waals surface area contributed by atoms with E-state index in [1.54, 1.807) is 0 Å². The lowest BCUT2D eigenvalue weighted by molar-refractivity contribution is -0.138. The molecule has 1 rings (SSSR count). The molecule has 0 aromatic heterocycles. The number of rotatable bonds is 6. The predicted octanol–water partition coefficient (Wildman–Crippen LogP) is 2.22. The van der Waals surface area contributed by atoms with E-state index in [4.69, 9.17) is 4.74 Å². The van der Waals surface area contributed by atoms with E-state index < -0.39 is 11.9 Å². The van der Waals surface area contributed by atoms with Crippen LogP contribution in [0.15, 0.2) is 30.3 Å². The number of benzene rings is 1. The molecule has 0 aliphatic rings. The Hall–Kier alpha value is -1.39. The molecule has 0 amide bonds. The van der Waals surface area contributed by atoms with E-state index in [9.17, 15) is 9.90 Å². The van der Waals surface area contributed by atoms with Crippen molar-refractivity contribution in [2.45, 2.75) is 32.3 Å². The first-order valence-electron chi connectivity index (χ1n) is 6.02. The van der Waals surface area contributed by atoms with E-state index in [0.29, 0.717) is 13.3 Å². The van der Waals surface area contributed by atoms with Gasteiger partial charge in [-0.1, -0.05) is 30.3 Å². The summed E-state index contributed by atoms with van der Waals surface area (Å²) in [7, 11) is 0. The molecule has 1 aromatic rings. The van der Waals surface area contributed by atoms with Crippen LogP contribution in [0, 0.1) is 0 Å². The molecule has 0 aliphatic heterocycles. The van der Waals surface area contributed by atoms with Gasteiger partial charge >= 0.3 is 5.97 Å². The third kappa shape index (κ3) is 5.29. The van der Waals surface area contributed by atoms with Crippen LogP contribution in [0.2, 0.25) is 0 Å². The number of nitrogens with one attached hydrogen (secondary N) is 1. The van der Waals surface area contributed by atoms with Crippen LogP contribution >= 0.6 is 0 Å². The smallest absolute Gasteiger partial charge is 0.312 e. The topological polar surface area (TPSA) is 58.6 Å². The minimum absolute atomic E-state index is 0.224. The Morgan fingerprint density at radius 3 is 2.44 bits per heavy atom. The minimum atomic E-state index is -0.829. The highest BCUT2D eigenvalue weighted by molar-refractivity contribution is 5.76. The normalized spacial score (nSPS) is 13.3. The average Bonchev–Trinajstić information content (AvgIpc) is 2.28. The number of carboxylic acids is 1. The van der Waals surface area contributed by atoms with Gasteiger partial charge in [0, 0.05) is 6.54 Å². The highest BCUT2D eigenvalue weighted by Crippen LogP contribution is 2.14. The first kappa shape index (κ1) is 14.7. The second kappa shape index (κ2) is 6.52. The van der Waals surface area contributed by atoms with E-state index in [0.717, 1.165) is 5.56 Å². The molecule has 18 heavy (non-hydrogen) atoms. The van der Waals surface area contributed by atoms with Gasteiger partial charge in [-0.25, -0.2) is 0 Å². The van der Waals surface area contributed by atoms with Crippen LogP contribution in [0.5, 0.6) is 0 Å². The lowest BCUT2D eigenvalue weighted by Crippen LogP contribution is -2.32. The van der Waals surface area contributed by atoms with Crippen LogP contribution in [-0.2, 0) is 9.53 Å². The molecule has 0 saturated heterocycles. The van der Waals surface area contributed by atoms with Gasteiger partial charge in [-0.2, -0.15) is 0 Å². The van der Waals surface area contributed by atoms with E-state index in [2.05, 4.69) is 5.32 Å². The Bertz CT molecular complexity index is 370. The monoisotopic (exact) mass is 251 g/mol. The van der Waals surface area contributed by atoms with Crippen molar-refractivity contribution >= 4 is 5.97 Å². The summed E-state index contributed by atoms with van der Waals surface area (Å²) in [4.78, 5) is 11.2. The van der Waals surface area contributed by atoms with Gasteiger partial charge in [0.1, 0.15) is 0 Å². The van der Waals surface area contributed by atoms with Gasteiger partial charge in [0.25, 0.3) is 0 Å². The van der Waals surface area contributed by atoms with Crippen molar-refractivity contribution < 1.29 is 14.6 Å². The van der Waals surface area contributed by atoms with Crippen molar-refractivity contribution in [1.29, 1.82) is 0 Å². The molecule has 0 aliphatic carbocycles. The van der Waals surface area contributed by atoms with Gasteiger partial charge in [-0.3, -0.25) is 10.1 Å². The number of aliphatic carboxylic acids is 1. The highest BCUT2D eigenvalue weighted by Gasteiger charge is 2.19. The van der Waals surface area contributed by atoms with E-state index in [1.807, 2.05) is 51.1 Å². The van der Waals surface area contributed by atoms with Crippen molar-refractivity contribution in [3.8, 4) is 0 Å². The molecule has 2 N–H and O–H groups in total. The molecule has 4 heteroatoms. The molecule has 0 fully saturated rings. The molecule has 1 unspecified atom stereocenters. The summed E-state index contributed by atoms with van der Waals surface area (Å²) in [6.45, 7) is 6.58. The Morgan fingerprint density at radius 1 is 1.33 bits per heavy atom. The summed E-state index contributed by atoms with van der Waals surface area (Å²) in [5, 5.41) is 12.2. The third-order valence-corrected chi connectivity index (χ3v) is 2.46. The van der Waals surface area contributed by atoms with Crippen LogP contribution in [0.25, 0.3) is 0 Å². The number of carboxylic acid groups (broad SMARTS) is 1. The lowest BCUT2D eigenvalue weighted by atomic mass is 9.99. The van der Waals surface area contributed by atoms with Gasteiger partial charge in [-0.15, -0.1) is 0 Å². The molecule has 0 saturated carbocycles. The Morgan fingerprint density at radius 2 is 1.94 bits per heavy atom. The predicted molar refractivity (Wildman–Crippen MR) is 70.5 cm³/mol. The Balaban J connectivity index is 2.48. The summed E-state index contributed by atoms with van der Waals surface area (Å²) >= 11 is 0. The maximum Gasteiger partial charge on any atom is 0.312 e. The second-order valence-corrected chi connectivity index (χ2v) is 5.16. The Kier molecular flexibility index (Phi) is 5.31. The van der Waals surface area contributed by atoms with Gasteiger partial charge in [-0.05, 0) is 26.3 Å². The van der Waals surface area contributed by atoms with Crippen LogP contribution in [0.1, 0.15) is 32.3 Å². The molecule has 0 radical (unpaired) electrons. The van der Waals surface area contributed by atoms with Crippen LogP contribution in [-0.4, -0.2) is 30.0 Å². The Labute approximate surface area is 108 Å². The van der Waals surface area contributed by atoms with Gasteiger partial charge in [0.2, 0.25) is 0 Å². The quantitative estimate of drug-likeness (QED) is 0.601. The molecule has 1 atom stereocenters. The fourth-order valence-corrected chi connectivity index (χ4v) is 1.50. The molecule has 1 aromatic carbocycles. The van der Waals surface area contributed by atoms with Crippen molar-refractivity contribution in [3.05, 3.63) is 35.9 Å². The molecule has 4 nitrogen and oxygen atoms in total. The van der Waals surface area contributed by atoms with Crippen LogP contribution < -0.4 is 5.32 Å². The number of hydrogen-bond acceptors (Lipinski definition) is 3. The minimum Gasteiger partial charge on any atom is -0.481 e. The van der Waals surface area contributed by atoms with Gasteiger partial charge in [0.15, 0.2) is 0 Å². The van der Waals surface area contributed by atoms with Crippen LogP contribution in [0.4, 0.5) is 0 Å². The zero-order valence-corrected chi connectivity index (χ0v) is 11.1. The fraction of sp³-hybridized carbons (Fsp3) is 0.500. The highest BCUT2D eigenvalue weighted by atomic mass is 16.5. The van der Waals surface area contributed by atoms with Crippen molar-refractivity contribution in [3.63, 3.8) is 0 Å². The van der Waals surface area contributed by atoms with Crippen molar-refractivity contribution in [1.82, 2.24) is 5.32 Å². The number of carbonyl (C=O) groups is 1. The summed E-state index contributed by atoms with van der Waals surface area (Å²) in [5.74, 6) is -1.38. The first-order chi connectivity index (χ1) is 8.40. The first-order valence-corrected chi connectivity index (χ1v) is 6.02. The summed E-state index contributed by atoms with van der Waals surface area (Å²) in [6.07, 6.45) is 0. The van der Waals surface area contributed by atoms with E-state index in [1.165, 1.54) is 0 Å². The average molecular weight is 251 g/mol. The fourth-order valence-electron chi connectivity index (χ4n) is 1.50. The zero-order chi connectivity index (χ0) is 13.6. The molecule has 0 spiro atoms. The standard InChI is InChI=1S/C14H21NO3/c1-14(2,3)18-10-15-9-12(13(16)17)11-7-5-4-6-8-11/h4-8,12,15H,9-10H2,1-3H3,(H,16,17). The zero-order valence-electron chi connectivity index (χ0n) is 11.1. The molecule has 0 bridgehead atoms. The van der Waals surface area contributed by atoms with Crippen molar-refractivity contribution in [2.24, 2.45) is 0 Å². The maximum atomic E-state index is 11.2.